The third-order valence-electron chi connectivity index (χ3n) is 7.11. The molecule has 1 aliphatic rings. The number of aromatic nitrogens is 3. The van der Waals surface area contributed by atoms with E-state index in [2.05, 4.69) is 26.6 Å². The molecule has 0 aliphatic carbocycles. The molecule has 4 aromatic rings. The van der Waals surface area contributed by atoms with Gasteiger partial charge in [-0.3, -0.25) is 14.4 Å². The fourth-order valence-corrected chi connectivity index (χ4v) is 5.77. The first kappa shape index (κ1) is 28.6. The van der Waals surface area contributed by atoms with Gasteiger partial charge in [0.15, 0.2) is 28.1 Å². The number of halogens is 1. The predicted octanol–water partition coefficient (Wildman–Crippen LogP) is 5.21. The molecule has 218 valence electrons. The van der Waals surface area contributed by atoms with Crippen molar-refractivity contribution in [3.05, 3.63) is 60.7 Å². The molecule has 0 amide bonds. The number of anilines is 1. The van der Waals surface area contributed by atoms with Crippen molar-refractivity contribution in [2.24, 2.45) is 13.0 Å². The van der Waals surface area contributed by atoms with Gasteiger partial charge >= 0.3 is 0 Å². The minimum atomic E-state index is -3.96. The van der Waals surface area contributed by atoms with Crippen molar-refractivity contribution >= 4 is 26.6 Å². The van der Waals surface area contributed by atoms with Crippen molar-refractivity contribution < 1.29 is 27.0 Å². The highest BCUT2D eigenvalue weighted by Crippen LogP contribution is 2.38. The molecule has 5 rings (SSSR count). The minimum absolute atomic E-state index is 0.0402. The third kappa shape index (κ3) is 6.88. The van der Waals surface area contributed by atoms with Crippen LogP contribution in [0.15, 0.2) is 59.9 Å². The highest BCUT2D eigenvalue weighted by Gasteiger charge is 2.19. The van der Waals surface area contributed by atoms with E-state index in [1.54, 1.807) is 38.6 Å². The average Bonchev–Trinajstić information content (AvgIpc) is 3.40. The minimum Gasteiger partial charge on any atom is -0.493 e. The van der Waals surface area contributed by atoms with E-state index in [-0.39, 0.29) is 16.5 Å². The van der Waals surface area contributed by atoms with Gasteiger partial charge in [-0.2, -0.15) is 13.5 Å². The highest BCUT2D eigenvalue weighted by atomic mass is 32.2. The maximum Gasteiger partial charge on any atom is 0.281 e. The average molecular weight is 584 g/mol. The molecular weight excluding hydrogens is 549 g/mol. The number of hydrogen-bond acceptors (Lipinski definition) is 8. The third-order valence-corrected chi connectivity index (χ3v) is 8.38. The van der Waals surface area contributed by atoms with Crippen LogP contribution < -0.4 is 18.9 Å². The summed E-state index contributed by atoms with van der Waals surface area (Å²) in [6, 6.07) is 10.3. The van der Waals surface area contributed by atoms with Gasteiger partial charge in [-0.1, -0.05) is 6.92 Å². The summed E-state index contributed by atoms with van der Waals surface area (Å²) in [6.07, 6.45) is 6.46. The van der Waals surface area contributed by atoms with Crippen LogP contribution in [0, 0.1) is 11.7 Å². The van der Waals surface area contributed by atoms with Gasteiger partial charge in [-0.15, -0.1) is 0 Å². The van der Waals surface area contributed by atoms with E-state index < -0.39 is 15.8 Å². The Hall–Kier alpha value is -3.90. The molecule has 1 N–H and O–H groups in total. The first-order chi connectivity index (χ1) is 19.7. The topological polar surface area (TPSA) is 108 Å². The Kier molecular flexibility index (Phi) is 8.60. The van der Waals surface area contributed by atoms with E-state index in [0.717, 1.165) is 38.0 Å². The number of pyridine rings is 1. The maximum atomic E-state index is 15.0. The van der Waals surface area contributed by atoms with E-state index in [4.69, 9.17) is 14.2 Å². The van der Waals surface area contributed by atoms with E-state index in [1.807, 2.05) is 0 Å². The van der Waals surface area contributed by atoms with Gasteiger partial charge in [0.05, 0.1) is 24.9 Å². The molecule has 2 aromatic carbocycles. The second-order valence-electron chi connectivity index (χ2n) is 10.2. The highest BCUT2D eigenvalue weighted by molar-refractivity contribution is 7.92. The number of ether oxygens (including phenoxy) is 3. The van der Waals surface area contributed by atoms with Crippen LogP contribution in [0.1, 0.15) is 26.2 Å². The van der Waals surface area contributed by atoms with Crippen molar-refractivity contribution in [1.82, 2.24) is 19.7 Å². The number of rotatable bonds is 11. The summed E-state index contributed by atoms with van der Waals surface area (Å²) in [7, 11) is -0.798. The molecule has 1 fully saturated rings. The number of aryl methyl sites for hydroxylation is 1. The van der Waals surface area contributed by atoms with Crippen LogP contribution in [0.25, 0.3) is 10.9 Å². The molecule has 0 spiro atoms. The fourth-order valence-electron chi connectivity index (χ4n) is 4.76. The molecule has 3 heterocycles. The van der Waals surface area contributed by atoms with Crippen LogP contribution in [0.4, 0.5) is 10.1 Å². The van der Waals surface area contributed by atoms with Crippen LogP contribution in [-0.4, -0.2) is 61.4 Å². The van der Waals surface area contributed by atoms with Gasteiger partial charge in [0.25, 0.3) is 10.0 Å². The lowest BCUT2D eigenvalue weighted by molar-refractivity contribution is 0.176. The number of piperidine rings is 1. The van der Waals surface area contributed by atoms with E-state index in [1.165, 1.54) is 41.9 Å². The molecule has 2 aromatic heterocycles. The molecule has 0 atom stereocenters. The van der Waals surface area contributed by atoms with E-state index >= 15 is 4.39 Å². The number of benzene rings is 2. The second kappa shape index (κ2) is 12.3. The first-order valence-electron chi connectivity index (χ1n) is 13.5. The lowest BCUT2D eigenvalue weighted by atomic mass is 9.99. The lowest BCUT2D eigenvalue weighted by Gasteiger charge is -2.30. The SMILES string of the molecule is COc1cc2c(Oc3ccc(NS(=O)(=O)c4ccn(C)n4)cc3F)ccnc2cc1OCCCN1CCC(C)CC1. The summed E-state index contributed by atoms with van der Waals surface area (Å²) in [5.74, 6) is 1.44. The number of sulfonamides is 1. The Labute approximate surface area is 239 Å². The zero-order valence-corrected chi connectivity index (χ0v) is 24.2. The summed E-state index contributed by atoms with van der Waals surface area (Å²) in [5, 5.41) is 4.33. The van der Waals surface area contributed by atoms with Crippen molar-refractivity contribution in [1.29, 1.82) is 0 Å². The Morgan fingerprint density at radius 3 is 2.56 bits per heavy atom. The van der Waals surface area contributed by atoms with Crippen LogP contribution in [0.3, 0.4) is 0 Å². The van der Waals surface area contributed by atoms with Crippen LogP contribution in [0.5, 0.6) is 23.0 Å². The number of hydrogen-bond donors (Lipinski definition) is 1. The zero-order valence-electron chi connectivity index (χ0n) is 23.3. The molecule has 0 unspecified atom stereocenters. The Morgan fingerprint density at radius 2 is 1.85 bits per heavy atom. The smallest absolute Gasteiger partial charge is 0.281 e. The van der Waals surface area contributed by atoms with Crippen LogP contribution >= 0.6 is 0 Å². The number of nitrogens with one attached hydrogen (secondary N) is 1. The van der Waals surface area contributed by atoms with Crippen molar-refractivity contribution in [2.45, 2.75) is 31.2 Å². The van der Waals surface area contributed by atoms with Crippen molar-refractivity contribution in [3.63, 3.8) is 0 Å². The van der Waals surface area contributed by atoms with Gasteiger partial charge < -0.3 is 19.1 Å². The Morgan fingerprint density at radius 1 is 1.05 bits per heavy atom. The zero-order chi connectivity index (χ0) is 29.0. The monoisotopic (exact) mass is 583 g/mol. The Bertz CT molecular complexity index is 1620. The molecule has 0 radical (unpaired) electrons. The van der Waals surface area contributed by atoms with Gasteiger partial charge in [0.1, 0.15) is 5.75 Å². The van der Waals surface area contributed by atoms with Gasteiger partial charge in [0.2, 0.25) is 0 Å². The molecular formula is C29H34FN5O5S. The summed E-state index contributed by atoms with van der Waals surface area (Å²) in [4.78, 5) is 6.91. The Balaban J connectivity index is 1.27. The summed E-state index contributed by atoms with van der Waals surface area (Å²) >= 11 is 0. The molecule has 0 bridgehead atoms. The van der Waals surface area contributed by atoms with E-state index in [0.29, 0.717) is 34.8 Å². The molecule has 41 heavy (non-hydrogen) atoms. The number of methoxy groups -OCH3 is 1. The number of fused-ring (bicyclic) bond motifs is 1. The largest absolute Gasteiger partial charge is 0.493 e. The van der Waals surface area contributed by atoms with Crippen molar-refractivity contribution in [2.75, 3.05) is 38.1 Å². The predicted molar refractivity (Wildman–Crippen MR) is 154 cm³/mol. The maximum absolute atomic E-state index is 15.0. The van der Waals surface area contributed by atoms with Gasteiger partial charge in [-0.05, 0) is 68.6 Å². The normalized spacial score (nSPS) is 14.7. The summed E-state index contributed by atoms with van der Waals surface area (Å²) in [6.45, 7) is 6.12. The second-order valence-corrected chi connectivity index (χ2v) is 11.9. The van der Waals surface area contributed by atoms with Gasteiger partial charge in [-0.25, -0.2) is 4.39 Å². The summed E-state index contributed by atoms with van der Waals surface area (Å²) < 4.78 is 61.3. The first-order valence-corrected chi connectivity index (χ1v) is 15.0. The fraction of sp³-hybridized carbons (Fsp3) is 0.379. The standard InChI is InChI=1S/C29H34FN5O5S/c1-20-8-14-35(15-9-20)12-4-16-39-28-19-24-22(18-27(28)38-3)25(7-11-31-24)40-26-6-5-21(17-23(26)30)33-41(36,37)29-10-13-34(2)32-29/h5-7,10-11,13,17-20,33H,4,8-9,12,14-16H2,1-3H3. The van der Waals surface area contributed by atoms with Crippen LogP contribution in [-0.2, 0) is 17.1 Å². The summed E-state index contributed by atoms with van der Waals surface area (Å²) in [5.41, 5.74) is 0.641. The number of nitrogens with zero attached hydrogens (tertiary/aromatic N) is 4. The lowest BCUT2D eigenvalue weighted by Crippen LogP contribution is -2.34. The molecule has 1 aliphatic heterocycles. The van der Waals surface area contributed by atoms with Gasteiger partial charge in [0, 0.05) is 43.5 Å². The number of likely N-dealkylation sites (tertiary alicyclic amines) is 1. The van der Waals surface area contributed by atoms with Crippen molar-refractivity contribution in [3.8, 4) is 23.0 Å². The molecule has 10 nitrogen and oxygen atoms in total. The quantitative estimate of drug-likeness (QED) is 0.240. The molecule has 12 heteroatoms. The van der Waals surface area contributed by atoms with Crippen LogP contribution in [0.2, 0.25) is 0 Å². The molecule has 0 saturated carbocycles. The van der Waals surface area contributed by atoms with E-state index in [9.17, 15) is 8.42 Å². The molecule has 1 saturated heterocycles.